The molecule has 0 fully saturated rings. The van der Waals surface area contributed by atoms with Crippen LogP contribution in [0.25, 0.3) is 32.7 Å². The van der Waals surface area contributed by atoms with Gasteiger partial charge in [0.15, 0.2) is 6.10 Å². The molecule has 0 saturated heterocycles. The average Bonchev–Trinajstić information content (AvgIpc) is 1.65. The van der Waals surface area contributed by atoms with Gasteiger partial charge in [-0.2, -0.15) is 35.3 Å². The number of fused-ring (bicyclic) bond motifs is 3. The van der Waals surface area contributed by atoms with E-state index in [9.17, 15) is 53.1 Å². The Balaban J connectivity index is 0.000000749. The van der Waals surface area contributed by atoms with Crippen molar-refractivity contribution in [3.63, 3.8) is 0 Å². The molecule has 0 spiro atoms. The number of rotatable bonds is 41. The van der Waals surface area contributed by atoms with Crippen molar-refractivity contribution in [2.24, 2.45) is 23.1 Å². The van der Waals surface area contributed by atoms with Crippen LogP contribution in [-0.2, 0) is 94.3 Å². The van der Waals surface area contributed by atoms with Crippen LogP contribution in [0.5, 0.6) is 5.75 Å². The summed E-state index contributed by atoms with van der Waals surface area (Å²) in [5.41, 5.74) is 21.0. The first kappa shape index (κ1) is 93.9. The molecule has 0 aliphatic rings. The predicted octanol–water partition coefficient (Wildman–Crippen LogP) is 6.27. The number of H-pyrrole nitrogens is 3. The fourth-order valence-corrected chi connectivity index (χ4v) is 14.2. The van der Waals surface area contributed by atoms with E-state index >= 15 is 9.59 Å². The minimum Gasteiger partial charge on any atom is -0.508 e. The number of aromatic amines is 3. The van der Waals surface area contributed by atoms with E-state index in [0.29, 0.717) is 34.3 Å². The van der Waals surface area contributed by atoms with E-state index < -0.39 is 149 Å². The normalized spacial score (nSPS) is 14.0. The van der Waals surface area contributed by atoms with Gasteiger partial charge in [0.05, 0.1) is 0 Å². The third kappa shape index (κ3) is 30.0. The second-order valence-corrected chi connectivity index (χ2v) is 33.4. The molecule has 0 aliphatic carbocycles. The summed E-state index contributed by atoms with van der Waals surface area (Å²) in [5.74, 6) is -7.72. The number of aromatic hydroxyl groups is 1. The number of ether oxygens (including phenoxy) is 3. The lowest BCUT2D eigenvalue weighted by atomic mass is 10.00. The van der Waals surface area contributed by atoms with Gasteiger partial charge < -0.3 is 99.3 Å². The molecule has 0 saturated carbocycles. The molecule has 0 aliphatic heterocycles. The molecular weight excluding hydrogens is 1570 g/mol. The number of nitrogens with one attached hydrogen (secondary N) is 12. The molecule has 3 aromatic heterocycles. The van der Waals surface area contributed by atoms with Gasteiger partial charge in [-0.1, -0.05) is 111 Å². The number of aromatic nitrogens is 3. The molecule has 5 aromatic carbocycles. The van der Waals surface area contributed by atoms with Crippen LogP contribution in [0.1, 0.15) is 102 Å². The van der Waals surface area contributed by atoms with E-state index in [0.717, 1.165) is 38.4 Å². The van der Waals surface area contributed by atoms with Crippen molar-refractivity contribution < 1.29 is 76.9 Å². The number of para-hydroxylation sites is 3. The van der Waals surface area contributed by atoms with Crippen molar-refractivity contribution in [1.82, 2.24) is 62.8 Å². The highest BCUT2D eigenvalue weighted by Gasteiger charge is 2.37. The number of phenols is 1. The van der Waals surface area contributed by atoms with Gasteiger partial charge in [0, 0.05) is 107 Å². The van der Waals surface area contributed by atoms with Crippen molar-refractivity contribution in [3.05, 3.63) is 174 Å². The van der Waals surface area contributed by atoms with E-state index in [-0.39, 0.29) is 68.7 Å². The highest BCUT2D eigenvalue weighted by molar-refractivity contribution is 7.99. The number of hydrogen-bond donors (Lipinski definition) is 16. The molecule has 0 radical (unpaired) electrons. The Morgan fingerprint density at radius 1 is 0.424 bits per heavy atom. The zero-order valence-corrected chi connectivity index (χ0v) is 70.7. The molecule has 19 N–H and O–H groups in total. The lowest BCUT2D eigenvalue weighted by Crippen LogP contribution is -2.61. The fraction of sp³-hybridized carbons (Fsp3) is 0.429. The first-order chi connectivity index (χ1) is 56.0. The lowest BCUT2D eigenvalue weighted by Gasteiger charge is -2.29. The second-order valence-electron chi connectivity index (χ2n) is 30.7. The maximum atomic E-state index is 15.3. The highest BCUT2D eigenvalue weighted by Crippen LogP contribution is 2.24. The summed E-state index contributed by atoms with van der Waals surface area (Å²) in [4.78, 5) is 174. The van der Waals surface area contributed by atoms with Crippen LogP contribution in [0, 0.1) is 5.92 Å². The molecule has 11 amide bonds. The van der Waals surface area contributed by atoms with Crippen LogP contribution >= 0.6 is 35.3 Å². The Morgan fingerprint density at radius 2 is 0.814 bits per heavy atom. The first-order valence-electron chi connectivity index (χ1n) is 38.6. The summed E-state index contributed by atoms with van der Waals surface area (Å²) in [7, 11) is 0. The Morgan fingerprint density at radius 3 is 1.28 bits per heavy atom. The third-order valence-electron chi connectivity index (χ3n) is 18.5. The smallest absolute Gasteiger partial charge is 0.408 e. The number of amides is 11. The first-order valence-corrected chi connectivity index (χ1v) is 42.8. The molecule has 0 bridgehead atoms. The highest BCUT2D eigenvalue weighted by atomic mass is 32.2. The molecule has 10 atom stereocenters. The Bertz CT molecular complexity index is 4720. The molecule has 0 unspecified atom stereocenters. The predicted molar refractivity (Wildman–Crippen MR) is 459 cm³/mol. The monoisotopic (exact) mass is 1680 g/mol. The van der Waals surface area contributed by atoms with E-state index in [1.54, 1.807) is 135 Å². The van der Waals surface area contributed by atoms with Crippen LogP contribution in [0.15, 0.2) is 146 Å². The summed E-state index contributed by atoms with van der Waals surface area (Å²) in [5, 5.41) is 37.6. The lowest BCUT2D eigenvalue weighted by molar-refractivity contribution is -0.155. The maximum Gasteiger partial charge on any atom is 0.408 e. The summed E-state index contributed by atoms with van der Waals surface area (Å²) >= 11 is 3.91. The minimum atomic E-state index is -1.48. The van der Waals surface area contributed by atoms with Gasteiger partial charge in [-0.05, 0) is 144 Å². The Kier molecular flexibility index (Phi) is 36.2. The quantitative estimate of drug-likeness (QED) is 0.0114. The Labute approximate surface area is 698 Å². The van der Waals surface area contributed by atoms with Crippen molar-refractivity contribution >= 4 is 139 Å². The summed E-state index contributed by atoms with van der Waals surface area (Å²) in [6.45, 7) is 13.7. The average molecular weight is 1680 g/mol. The van der Waals surface area contributed by atoms with Crippen molar-refractivity contribution in [1.29, 1.82) is 0 Å². The molecular formula is C84H111N15O16S3. The zero-order chi connectivity index (χ0) is 86.4. The van der Waals surface area contributed by atoms with Crippen molar-refractivity contribution in [2.75, 3.05) is 42.6 Å². The number of nitrogens with two attached hydrogens (primary N) is 3. The number of unbranched alkanes of at least 4 members (excludes halogenated alkanes) is 1. The van der Waals surface area contributed by atoms with Gasteiger partial charge in [-0.15, -0.1) is 0 Å². The van der Waals surface area contributed by atoms with Crippen molar-refractivity contribution in [3.8, 4) is 5.75 Å². The number of thioether (sulfide) groups is 3. The van der Waals surface area contributed by atoms with Gasteiger partial charge in [-0.3, -0.25) is 47.9 Å². The van der Waals surface area contributed by atoms with Gasteiger partial charge >= 0.3 is 18.2 Å². The molecule has 3 heterocycles. The minimum absolute atomic E-state index is 0.0132. The summed E-state index contributed by atoms with van der Waals surface area (Å²) in [6.07, 6.45) is 8.34. The SMILES string of the molecule is CSC[C@H](N)C(=O)O[C@@H](Cc1c[nH]c2ccccc12)C(N)=O.CSC[C@H](NC(=O)[C@@H](Cc1ccccc1)NC(=O)OC(C)(C)C)C(=O)N[C@@H](Cc1ccc(O)cc1)C(=O)N[C@H](Cc1c[nH]c2ccccc12)C(=O)N[C@@H](CCCCNC(=O)OC(C)(C)C)C(=O)N[C@@H](C(=O)N[C@@H](CSC)C(=O)N[C@@H](Cc1c[nH]c2ccccc12)C(N)=O)C(C)C. The van der Waals surface area contributed by atoms with Crippen LogP contribution in [0.4, 0.5) is 9.59 Å². The van der Waals surface area contributed by atoms with Crippen molar-refractivity contribution in [2.45, 2.75) is 178 Å². The zero-order valence-electron chi connectivity index (χ0n) is 68.2. The second kappa shape index (κ2) is 45.5. The molecule has 34 heteroatoms. The topological polar surface area (TPSA) is 486 Å². The standard InChI is InChI=1S/C69H92N12O13S2.C15H19N3O3S/c1-40(2)57(65(90)79-56(39-96-10)63(88)75-51(58(70)83)34-43-36-72-48-24-16-14-22-46(43)48)81-59(84)50(26-18-19-31-71-66(91)93-68(3,4)5)74-62(87)54(35-44-37-73-49-25-17-15-23-47(44)49)77-60(85)52(33-42-27-29-45(82)30-28-42)76-64(89)55(38-95-9)78-61(86)53(32-41-20-12-11-13-21-41)80-67(92)94-69(6,7)8;1-22-8-11(16)15(20)21-13(14(17)19)6-9-7-18-12-5-3-2-4-10(9)12/h11-17,20-25,27-30,36-37,40,50-57,72-73,82H,18-19,26,31-35,38-39H2,1-10H3,(H2,70,83)(H,71,91)(H,74,87)(H,75,88)(H,76,89)(H,77,85)(H,78,86)(H,79,90)(H,80,92)(H,81,84);2-5,7,11,13,18H,6,8,16H2,1H3,(H2,17,19)/t50-,51-,52-,53+,54+,55-,56-,57+;11-,13-/m00/s1. The third-order valence-corrected chi connectivity index (χ3v) is 20.5. The number of benzene rings is 5. The van der Waals surface area contributed by atoms with E-state index in [4.69, 9.17) is 31.4 Å². The van der Waals surface area contributed by atoms with Crippen LogP contribution in [-0.4, -0.2) is 206 Å². The molecule has 31 nitrogen and oxygen atoms in total. The van der Waals surface area contributed by atoms with Gasteiger partial charge in [0.25, 0.3) is 5.91 Å². The van der Waals surface area contributed by atoms with Gasteiger partial charge in [0.1, 0.15) is 71.3 Å². The van der Waals surface area contributed by atoms with E-state index in [1.165, 1.54) is 47.4 Å². The number of alkyl carbamates (subject to hydrolysis) is 2. The number of esters is 1. The van der Waals surface area contributed by atoms with E-state index in [2.05, 4.69) is 62.8 Å². The summed E-state index contributed by atoms with van der Waals surface area (Å²) in [6, 6.07) is 26.0. The van der Waals surface area contributed by atoms with Gasteiger partial charge in [-0.25, -0.2) is 9.59 Å². The van der Waals surface area contributed by atoms with Crippen LogP contribution in [0.3, 0.4) is 0 Å². The van der Waals surface area contributed by atoms with E-state index in [1.807, 2.05) is 73.0 Å². The molecule has 118 heavy (non-hydrogen) atoms. The number of primary amides is 2. The fourth-order valence-electron chi connectivity index (χ4n) is 12.6. The molecule has 8 rings (SSSR count). The van der Waals surface area contributed by atoms with Gasteiger partial charge in [0.2, 0.25) is 47.3 Å². The molecule has 8 aromatic rings. The molecule has 636 valence electrons. The number of carbonyl (C=O) groups is 12. The largest absolute Gasteiger partial charge is 0.508 e. The Hall–Kier alpha value is -11.2. The number of hydrogen-bond acceptors (Lipinski definition) is 20. The van der Waals surface area contributed by atoms with Crippen LogP contribution < -0.4 is 65.1 Å². The number of carbonyl (C=O) groups excluding carboxylic acids is 12. The van der Waals surface area contributed by atoms with Crippen LogP contribution in [0.2, 0.25) is 0 Å². The maximum absolute atomic E-state index is 15.3. The number of phenolic OH excluding ortho intramolecular Hbond substituents is 1. The summed E-state index contributed by atoms with van der Waals surface area (Å²) < 4.78 is 16.1.